The van der Waals surface area contributed by atoms with E-state index in [0.717, 1.165) is 35.2 Å². The second-order valence-corrected chi connectivity index (χ2v) is 8.87. The summed E-state index contributed by atoms with van der Waals surface area (Å²) in [5.41, 5.74) is 6.36. The minimum absolute atomic E-state index is 0.0397. The fourth-order valence-electron chi connectivity index (χ4n) is 4.34. The monoisotopic (exact) mass is 474 g/mol. The van der Waals surface area contributed by atoms with Crippen LogP contribution < -0.4 is 5.32 Å². The Kier molecular flexibility index (Phi) is 7.56. The summed E-state index contributed by atoms with van der Waals surface area (Å²) in [6.45, 7) is 6.39. The van der Waals surface area contributed by atoms with E-state index in [2.05, 4.69) is 26.4 Å². The van der Waals surface area contributed by atoms with Gasteiger partial charge in [-0.25, -0.2) is 14.5 Å². The number of rotatable bonds is 10. The molecule has 0 amide bonds. The number of nitrogens with zero attached hydrogens (tertiary/aromatic N) is 5. The van der Waals surface area contributed by atoms with Gasteiger partial charge in [-0.1, -0.05) is 6.07 Å². The molecule has 0 saturated carbocycles. The highest BCUT2D eigenvalue weighted by atomic mass is 16.5. The molecule has 2 N–H and O–H groups in total. The molecule has 9 nitrogen and oxygen atoms in total. The molecule has 0 aliphatic carbocycles. The van der Waals surface area contributed by atoms with Gasteiger partial charge in [-0.2, -0.15) is 10.4 Å². The van der Waals surface area contributed by atoms with E-state index in [4.69, 9.17) is 10.00 Å². The number of esters is 1. The van der Waals surface area contributed by atoms with Gasteiger partial charge in [0.05, 0.1) is 23.9 Å². The first kappa shape index (κ1) is 24.5. The zero-order valence-corrected chi connectivity index (χ0v) is 20.3. The molecule has 0 radical (unpaired) electrons. The van der Waals surface area contributed by atoms with Crippen molar-refractivity contribution in [3.8, 4) is 11.9 Å². The number of benzene rings is 1. The van der Waals surface area contributed by atoms with Crippen LogP contribution in [0.15, 0.2) is 36.8 Å². The third-order valence-electron chi connectivity index (χ3n) is 6.58. The summed E-state index contributed by atoms with van der Waals surface area (Å²) < 4.78 is 6.90. The standard InChI is InChI=1S/C26H30N6O3/c1-17-8-25(29-11-21(17)9-27)32-13-19(10-30-32)12-31(14-22(15-33)28-3)7-6-20-4-5-23-24(18(20)2)16-35-26(23)34/h4-5,8,10-11,13,22,28,33H,6-7,12,14-16H2,1-3H3/t22-/m1/s1. The summed E-state index contributed by atoms with van der Waals surface area (Å²) in [6, 6.07) is 7.80. The molecule has 3 heterocycles. The quantitative estimate of drug-likeness (QED) is 0.429. The molecule has 3 aromatic rings. The van der Waals surface area contributed by atoms with Crippen molar-refractivity contribution < 1.29 is 14.6 Å². The second kappa shape index (κ2) is 10.8. The van der Waals surface area contributed by atoms with Gasteiger partial charge in [0, 0.05) is 49.2 Å². The van der Waals surface area contributed by atoms with E-state index in [1.165, 1.54) is 5.56 Å². The van der Waals surface area contributed by atoms with Crippen LogP contribution in [0.4, 0.5) is 0 Å². The van der Waals surface area contributed by atoms with Crippen LogP contribution in [0.1, 0.15) is 43.7 Å². The van der Waals surface area contributed by atoms with Gasteiger partial charge in [0.1, 0.15) is 12.7 Å². The van der Waals surface area contributed by atoms with Crippen molar-refractivity contribution in [3.05, 3.63) is 75.7 Å². The second-order valence-electron chi connectivity index (χ2n) is 8.87. The number of hydrogen-bond donors (Lipinski definition) is 2. The minimum Gasteiger partial charge on any atom is -0.457 e. The van der Waals surface area contributed by atoms with Crippen LogP contribution in [0.25, 0.3) is 5.82 Å². The Balaban J connectivity index is 1.49. The Morgan fingerprint density at radius 1 is 1.34 bits per heavy atom. The lowest BCUT2D eigenvalue weighted by Gasteiger charge is -2.26. The first-order chi connectivity index (χ1) is 16.9. The summed E-state index contributed by atoms with van der Waals surface area (Å²) in [5.74, 6) is 0.410. The molecule has 0 unspecified atom stereocenters. The third-order valence-corrected chi connectivity index (χ3v) is 6.58. The Morgan fingerprint density at radius 3 is 2.89 bits per heavy atom. The van der Waals surface area contributed by atoms with Crippen molar-refractivity contribution in [2.24, 2.45) is 0 Å². The predicted molar refractivity (Wildman–Crippen MR) is 130 cm³/mol. The maximum absolute atomic E-state index is 11.9. The van der Waals surface area contributed by atoms with Crippen molar-refractivity contribution in [2.45, 2.75) is 39.5 Å². The number of carbonyl (C=O) groups excluding carboxylic acids is 1. The number of aliphatic hydroxyl groups is 1. The van der Waals surface area contributed by atoms with Crippen LogP contribution in [-0.4, -0.2) is 63.5 Å². The molecular formula is C26H30N6O3. The van der Waals surface area contributed by atoms with E-state index in [9.17, 15) is 9.90 Å². The van der Waals surface area contributed by atoms with Gasteiger partial charge >= 0.3 is 5.97 Å². The molecular weight excluding hydrogens is 444 g/mol. The van der Waals surface area contributed by atoms with Gasteiger partial charge in [0.15, 0.2) is 5.82 Å². The molecule has 1 atom stereocenters. The highest BCUT2D eigenvalue weighted by Gasteiger charge is 2.24. The molecule has 2 aromatic heterocycles. The molecule has 182 valence electrons. The molecule has 1 aromatic carbocycles. The Labute approximate surface area is 205 Å². The van der Waals surface area contributed by atoms with E-state index in [0.29, 0.717) is 36.6 Å². The summed E-state index contributed by atoms with van der Waals surface area (Å²) in [4.78, 5) is 18.5. The van der Waals surface area contributed by atoms with Crippen LogP contribution in [0.3, 0.4) is 0 Å². The highest BCUT2D eigenvalue weighted by Crippen LogP contribution is 2.26. The number of aromatic nitrogens is 3. The normalized spacial score (nSPS) is 13.5. The average molecular weight is 475 g/mol. The largest absolute Gasteiger partial charge is 0.457 e. The topological polar surface area (TPSA) is 116 Å². The van der Waals surface area contributed by atoms with Crippen molar-refractivity contribution in [1.82, 2.24) is 25.0 Å². The molecule has 4 rings (SSSR count). The number of cyclic esters (lactones) is 1. The highest BCUT2D eigenvalue weighted by molar-refractivity contribution is 5.93. The van der Waals surface area contributed by atoms with Crippen LogP contribution in [0.2, 0.25) is 0 Å². The lowest BCUT2D eigenvalue weighted by atomic mass is 9.96. The van der Waals surface area contributed by atoms with Gasteiger partial charge in [0.25, 0.3) is 0 Å². The third kappa shape index (κ3) is 5.41. The smallest absolute Gasteiger partial charge is 0.338 e. The number of fused-ring (bicyclic) bond motifs is 1. The number of aryl methyl sites for hydroxylation is 1. The van der Waals surface area contributed by atoms with Gasteiger partial charge in [-0.3, -0.25) is 4.90 Å². The summed E-state index contributed by atoms with van der Waals surface area (Å²) in [6.07, 6.45) is 6.13. The zero-order valence-electron chi connectivity index (χ0n) is 20.3. The van der Waals surface area contributed by atoms with Gasteiger partial charge in [0.2, 0.25) is 0 Å². The summed E-state index contributed by atoms with van der Waals surface area (Å²) >= 11 is 0. The van der Waals surface area contributed by atoms with E-state index in [-0.39, 0.29) is 18.6 Å². The van der Waals surface area contributed by atoms with Crippen LogP contribution >= 0.6 is 0 Å². The molecule has 1 aliphatic rings. The van der Waals surface area contributed by atoms with Crippen molar-refractivity contribution in [1.29, 1.82) is 5.26 Å². The fourth-order valence-corrected chi connectivity index (χ4v) is 4.34. The lowest BCUT2D eigenvalue weighted by molar-refractivity contribution is 0.0535. The number of ether oxygens (including phenoxy) is 1. The number of hydrogen-bond acceptors (Lipinski definition) is 8. The molecule has 0 spiro atoms. The number of likely N-dealkylation sites (N-methyl/N-ethyl adjacent to an activating group) is 1. The number of nitriles is 1. The van der Waals surface area contributed by atoms with Crippen molar-refractivity contribution >= 4 is 5.97 Å². The van der Waals surface area contributed by atoms with Gasteiger partial charge < -0.3 is 15.2 Å². The first-order valence-electron chi connectivity index (χ1n) is 11.6. The number of aliphatic hydroxyl groups excluding tert-OH is 1. The maximum Gasteiger partial charge on any atom is 0.338 e. The molecule has 0 fully saturated rings. The van der Waals surface area contributed by atoms with Gasteiger partial charge in [-0.05, 0) is 56.1 Å². The van der Waals surface area contributed by atoms with Gasteiger partial charge in [-0.15, -0.1) is 0 Å². The SMILES string of the molecule is CN[C@@H](CO)CN(CCc1ccc2c(c1C)COC2=O)Cc1cnn(-c2cc(C)c(C#N)cn2)c1. The Bertz CT molecular complexity index is 1260. The van der Waals surface area contributed by atoms with Crippen molar-refractivity contribution in [3.63, 3.8) is 0 Å². The van der Waals surface area contributed by atoms with Crippen molar-refractivity contribution in [2.75, 3.05) is 26.7 Å². The Hall–Kier alpha value is -3.58. The van der Waals surface area contributed by atoms with E-state index < -0.39 is 0 Å². The van der Waals surface area contributed by atoms with Crippen LogP contribution in [0.5, 0.6) is 0 Å². The first-order valence-corrected chi connectivity index (χ1v) is 11.6. The zero-order chi connectivity index (χ0) is 24.9. The van der Waals surface area contributed by atoms with E-state index >= 15 is 0 Å². The summed E-state index contributed by atoms with van der Waals surface area (Å²) in [5, 5.41) is 26.5. The van der Waals surface area contributed by atoms with Crippen LogP contribution in [-0.2, 0) is 24.3 Å². The van der Waals surface area contributed by atoms with E-state index in [1.54, 1.807) is 10.9 Å². The Morgan fingerprint density at radius 2 is 2.17 bits per heavy atom. The molecule has 9 heteroatoms. The average Bonchev–Trinajstić information content (AvgIpc) is 3.48. The number of pyridine rings is 1. The maximum atomic E-state index is 11.9. The van der Waals surface area contributed by atoms with E-state index in [1.807, 2.05) is 51.5 Å². The van der Waals surface area contributed by atoms with Crippen LogP contribution in [0, 0.1) is 25.2 Å². The predicted octanol–water partition coefficient (Wildman–Crippen LogP) is 2.05. The lowest BCUT2D eigenvalue weighted by Crippen LogP contribution is -2.42. The number of nitrogens with one attached hydrogen (secondary N) is 1. The molecule has 35 heavy (non-hydrogen) atoms. The molecule has 0 bridgehead atoms. The molecule has 1 aliphatic heterocycles. The summed E-state index contributed by atoms with van der Waals surface area (Å²) in [7, 11) is 1.84. The number of carbonyl (C=O) groups is 1. The molecule has 0 saturated heterocycles. The minimum atomic E-state index is -0.250. The fraction of sp³-hybridized carbons (Fsp3) is 0.385.